The van der Waals surface area contributed by atoms with E-state index in [1.807, 2.05) is 0 Å². The standard InChI is InChI=1S/C12H24N2/c1-4-5-10-8-11(10)14-7-6-13-12(2,3)9-14/h10-11,13H,4-9H2,1-3H3. The Labute approximate surface area is 88.1 Å². The largest absolute Gasteiger partial charge is 0.309 e. The van der Waals surface area contributed by atoms with E-state index in [4.69, 9.17) is 0 Å². The molecule has 0 radical (unpaired) electrons. The van der Waals surface area contributed by atoms with E-state index in [1.165, 1.54) is 38.9 Å². The zero-order valence-corrected chi connectivity index (χ0v) is 9.84. The molecule has 0 spiro atoms. The topological polar surface area (TPSA) is 15.3 Å². The minimum absolute atomic E-state index is 0.331. The molecule has 14 heavy (non-hydrogen) atoms. The Kier molecular flexibility index (Phi) is 2.85. The molecule has 2 fully saturated rings. The Hall–Kier alpha value is -0.0800. The van der Waals surface area contributed by atoms with Crippen LogP contribution in [-0.2, 0) is 0 Å². The predicted molar refractivity (Wildman–Crippen MR) is 60.5 cm³/mol. The summed E-state index contributed by atoms with van der Waals surface area (Å²) in [6, 6.07) is 0.927. The molecule has 2 aliphatic rings. The van der Waals surface area contributed by atoms with Crippen LogP contribution in [0.2, 0.25) is 0 Å². The van der Waals surface area contributed by atoms with Crippen LogP contribution < -0.4 is 5.32 Å². The second-order valence-corrected chi connectivity index (χ2v) is 5.63. The molecule has 2 heteroatoms. The van der Waals surface area contributed by atoms with Crippen molar-refractivity contribution in [3.8, 4) is 0 Å². The number of piperazine rings is 1. The normalized spacial score (nSPS) is 37.1. The molecule has 1 N–H and O–H groups in total. The highest BCUT2D eigenvalue weighted by molar-refractivity contribution is 4.99. The van der Waals surface area contributed by atoms with Crippen LogP contribution in [0.3, 0.4) is 0 Å². The first kappa shape index (κ1) is 10.4. The molecule has 1 aliphatic carbocycles. The molecule has 1 aliphatic heterocycles. The van der Waals surface area contributed by atoms with E-state index in [-0.39, 0.29) is 0 Å². The molecular weight excluding hydrogens is 172 g/mol. The molecule has 0 aromatic heterocycles. The lowest BCUT2D eigenvalue weighted by atomic mass is 10.0. The van der Waals surface area contributed by atoms with Crippen LogP contribution in [0.25, 0.3) is 0 Å². The number of nitrogens with zero attached hydrogens (tertiary/aromatic N) is 1. The fourth-order valence-electron chi connectivity index (χ4n) is 2.82. The lowest BCUT2D eigenvalue weighted by Crippen LogP contribution is -2.57. The van der Waals surface area contributed by atoms with Crippen molar-refractivity contribution in [3.63, 3.8) is 0 Å². The number of hydrogen-bond acceptors (Lipinski definition) is 2. The molecule has 2 rings (SSSR count). The molecule has 2 atom stereocenters. The van der Waals surface area contributed by atoms with Crippen molar-refractivity contribution in [2.45, 2.75) is 51.6 Å². The predicted octanol–water partition coefficient (Wildman–Crippen LogP) is 1.86. The first-order valence-corrected chi connectivity index (χ1v) is 6.11. The van der Waals surface area contributed by atoms with E-state index in [2.05, 4.69) is 31.0 Å². The van der Waals surface area contributed by atoms with E-state index in [1.54, 1.807) is 0 Å². The Bertz CT molecular complexity index is 200. The molecular formula is C12H24N2. The van der Waals surface area contributed by atoms with Crippen molar-refractivity contribution in [1.29, 1.82) is 0 Å². The maximum absolute atomic E-state index is 3.58. The molecule has 2 nitrogen and oxygen atoms in total. The molecule has 1 saturated carbocycles. The molecule has 0 bridgehead atoms. The summed E-state index contributed by atoms with van der Waals surface area (Å²) in [5.41, 5.74) is 0.331. The summed E-state index contributed by atoms with van der Waals surface area (Å²) < 4.78 is 0. The van der Waals surface area contributed by atoms with Gasteiger partial charge in [-0.1, -0.05) is 13.3 Å². The Morgan fingerprint density at radius 1 is 1.43 bits per heavy atom. The SMILES string of the molecule is CCCC1CC1N1CCNC(C)(C)C1. The van der Waals surface area contributed by atoms with Gasteiger partial charge in [0.2, 0.25) is 0 Å². The molecule has 82 valence electrons. The van der Waals surface area contributed by atoms with Crippen molar-refractivity contribution in [2.24, 2.45) is 5.92 Å². The number of nitrogens with one attached hydrogen (secondary N) is 1. The fourth-order valence-corrected chi connectivity index (χ4v) is 2.82. The summed E-state index contributed by atoms with van der Waals surface area (Å²) in [4.78, 5) is 2.71. The number of hydrogen-bond donors (Lipinski definition) is 1. The zero-order chi connectivity index (χ0) is 10.2. The number of rotatable bonds is 3. The van der Waals surface area contributed by atoms with Crippen LogP contribution in [0.1, 0.15) is 40.0 Å². The summed E-state index contributed by atoms with van der Waals surface area (Å²) in [6.07, 6.45) is 4.26. The van der Waals surface area contributed by atoms with Crippen LogP contribution in [-0.4, -0.2) is 36.1 Å². The van der Waals surface area contributed by atoms with E-state index >= 15 is 0 Å². The van der Waals surface area contributed by atoms with Gasteiger partial charge in [0.15, 0.2) is 0 Å². The highest BCUT2D eigenvalue weighted by Crippen LogP contribution is 2.40. The van der Waals surface area contributed by atoms with Gasteiger partial charge in [0.1, 0.15) is 0 Å². The Balaban J connectivity index is 1.82. The molecule has 0 aromatic rings. The van der Waals surface area contributed by atoms with Gasteiger partial charge in [0, 0.05) is 31.2 Å². The highest BCUT2D eigenvalue weighted by atomic mass is 15.3. The first-order chi connectivity index (χ1) is 6.62. The van der Waals surface area contributed by atoms with Crippen LogP contribution in [0.15, 0.2) is 0 Å². The maximum atomic E-state index is 3.58. The molecule has 0 aromatic carbocycles. The van der Waals surface area contributed by atoms with Crippen LogP contribution in [0, 0.1) is 5.92 Å². The third-order valence-electron chi connectivity index (χ3n) is 3.61. The van der Waals surface area contributed by atoms with Gasteiger partial charge in [-0.05, 0) is 32.6 Å². The van der Waals surface area contributed by atoms with E-state index < -0.39 is 0 Å². The van der Waals surface area contributed by atoms with Gasteiger partial charge in [0.25, 0.3) is 0 Å². The van der Waals surface area contributed by atoms with Crippen molar-refractivity contribution in [1.82, 2.24) is 10.2 Å². The Morgan fingerprint density at radius 2 is 2.21 bits per heavy atom. The van der Waals surface area contributed by atoms with E-state index in [0.717, 1.165) is 12.0 Å². The second-order valence-electron chi connectivity index (χ2n) is 5.63. The summed E-state index contributed by atoms with van der Waals surface area (Å²) in [6.45, 7) is 10.6. The van der Waals surface area contributed by atoms with Crippen molar-refractivity contribution in [3.05, 3.63) is 0 Å². The average Bonchev–Trinajstić information content (AvgIpc) is 2.83. The third-order valence-corrected chi connectivity index (χ3v) is 3.61. The van der Waals surface area contributed by atoms with Gasteiger partial charge in [0.05, 0.1) is 0 Å². The van der Waals surface area contributed by atoms with Gasteiger partial charge in [-0.3, -0.25) is 4.90 Å². The smallest absolute Gasteiger partial charge is 0.0252 e. The highest BCUT2D eigenvalue weighted by Gasteiger charge is 2.43. The van der Waals surface area contributed by atoms with Crippen molar-refractivity contribution >= 4 is 0 Å². The Morgan fingerprint density at radius 3 is 2.86 bits per heavy atom. The van der Waals surface area contributed by atoms with Crippen LogP contribution in [0.5, 0.6) is 0 Å². The molecule has 0 amide bonds. The van der Waals surface area contributed by atoms with Crippen molar-refractivity contribution < 1.29 is 0 Å². The molecule has 1 saturated heterocycles. The summed E-state index contributed by atoms with van der Waals surface area (Å²) >= 11 is 0. The van der Waals surface area contributed by atoms with E-state index in [9.17, 15) is 0 Å². The third kappa shape index (κ3) is 2.29. The minimum atomic E-state index is 0.331. The van der Waals surface area contributed by atoms with E-state index in [0.29, 0.717) is 5.54 Å². The summed E-state index contributed by atoms with van der Waals surface area (Å²) in [7, 11) is 0. The lowest BCUT2D eigenvalue weighted by molar-refractivity contribution is 0.141. The van der Waals surface area contributed by atoms with Crippen LogP contribution in [0.4, 0.5) is 0 Å². The lowest BCUT2D eigenvalue weighted by Gasteiger charge is -2.39. The average molecular weight is 196 g/mol. The van der Waals surface area contributed by atoms with Gasteiger partial charge in [-0.25, -0.2) is 0 Å². The quantitative estimate of drug-likeness (QED) is 0.741. The van der Waals surface area contributed by atoms with Gasteiger partial charge < -0.3 is 5.32 Å². The van der Waals surface area contributed by atoms with Crippen LogP contribution >= 0.6 is 0 Å². The minimum Gasteiger partial charge on any atom is -0.309 e. The fraction of sp³-hybridized carbons (Fsp3) is 1.00. The second kappa shape index (κ2) is 3.82. The summed E-state index contributed by atoms with van der Waals surface area (Å²) in [5, 5.41) is 3.58. The maximum Gasteiger partial charge on any atom is 0.0252 e. The first-order valence-electron chi connectivity index (χ1n) is 6.11. The van der Waals surface area contributed by atoms with Gasteiger partial charge in [-0.15, -0.1) is 0 Å². The molecule has 2 unspecified atom stereocenters. The van der Waals surface area contributed by atoms with Gasteiger partial charge in [-0.2, -0.15) is 0 Å². The zero-order valence-electron chi connectivity index (χ0n) is 9.84. The van der Waals surface area contributed by atoms with Crippen molar-refractivity contribution in [2.75, 3.05) is 19.6 Å². The van der Waals surface area contributed by atoms with Gasteiger partial charge >= 0.3 is 0 Å². The summed E-state index contributed by atoms with van der Waals surface area (Å²) in [5.74, 6) is 1.02. The monoisotopic (exact) mass is 196 g/mol. The molecule has 1 heterocycles.